The Bertz CT molecular complexity index is 556. The number of rotatable bonds is 5. The fraction of sp³-hybridized carbons (Fsp3) is 0.533. The van der Waals surface area contributed by atoms with E-state index in [1.54, 1.807) is 0 Å². The number of anilines is 1. The highest BCUT2D eigenvalue weighted by molar-refractivity contribution is 5.95. The van der Waals surface area contributed by atoms with Crippen LogP contribution < -0.4 is 16.8 Å². The summed E-state index contributed by atoms with van der Waals surface area (Å²) in [6.07, 6.45) is 5.66. The first-order valence-corrected chi connectivity index (χ1v) is 7.57. The number of nitrogens with one attached hydrogen (secondary N) is 1. The third kappa shape index (κ3) is 3.73. The number of benzene rings is 1. The van der Waals surface area contributed by atoms with E-state index in [9.17, 15) is 14.9 Å². The molecule has 0 aliphatic heterocycles. The molecule has 0 bridgehead atoms. The molecule has 1 aliphatic rings. The Balaban J connectivity index is 2.10. The first kappa shape index (κ1) is 16.2. The number of hydrogen-bond acceptors (Lipinski definition) is 5. The Morgan fingerprint density at radius 2 is 2.05 bits per heavy atom. The summed E-state index contributed by atoms with van der Waals surface area (Å²) in [6, 6.07) is 3.99. The molecule has 1 amide bonds. The molecule has 1 unspecified atom stereocenters. The topological polar surface area (TPSA) is 124 Å². The van der Waals surface area contributed by atoms with Crippen LogP contribution in [0.1, 0.15) is 42.5 Å². The van der Waals surface area contributed by atoms with Crippen LogP contribution in [0, 0.1) is 16.0 Å². The highest BCUT2D eigenvalue weighted by atomic mass is 16.6. The second-order valence-electron chi connectivity index (χ2n) is 5.74. The Kier molecular flexibility index (Phi) is 5.32. The van der Waals surface area contributed by atoms with Gasteiger partial charge < -0.3 is 16.8 Å². The lowest BCUT2D eigenvalue weighted by Gasteiger charge is -2.30. The number of nitrogens with two attached hydrogens (primary N) is 2. The number of carbonyl (C=O) groups is 1. The highest BCUT2D eigenvalue weighted by Gasteiger charge is 2.25. The molecule has 0 heterocycles. The molecule has 0 aromatic heterocycles. The highest BCUT2D eigenvalue weighted by Crippen LogP contribution is 2.27. The molecule has 2 rings (SSSR count). The van der Waals surface area contributed by atoms with Gasteiger partial charge in [-0.25, -0.2) is 0 Å². The smallest absolute Gasteiger partial charge is 0.292 e. The fourth-order valence-electron chi connectivity index (χ4n) is 3.00. The molecule has 22 heavy (non-hydrogen) atoms. The monoisotopic (exact) mass is 306 g/mol. The molecule has 1 saturated carbocycles. The summed E-state index contributed by atoms with van der Waals surface area (Å²) < 4.78 is 0. The number of nitro groups is 1. The standard InChI is InChI=1S/C15H22N4O3/c16-9-13(10-4-2-1-3-5-10)18-15(20)11-6-7-12(17)14(8-11)19(21)22/h6-8,10,13H,1-5,9,16-17H2,(H,18,20). The van der Waals surface area contributed by atoms with Gasteiger partial charge in [-0.1, -0.05) is 19.3 Å². The normalized spacial score (nSPS) is 17.0. The summed E-state index contributed by atoms with van der Waals surface area (Å²) in [6.45, 7) is 0.369. The van der Waals surface area contributed by atoms with Gasteiger partial charge in [-0.2, -0.15) is 0 Å². The molecule has 0 spiro atoms. The molecule has 1 aliphatic carbocycles. The number of hydrogen-bond donors (Lipinski definition) is 3. The summed E-state index contributed by atoms with van der Waals surface area (Å²) in [5.41, 5.74) is 11.4. The summed E-state index contributed by atoms with van der Waals surface area (Å²) in [4.78, 5) is 22.6. The van der Waals surface area contributed by atoms with E-state index in [0.29, 0.717) is 12.5 Å². The quantitative estimate of drug-likeness (QED) is 0.435. The van der Waals surface area contributed by atoms with Crippen LogP contribution in [0.2, 0.25) is 0 Å². The van der Waals surface area contributed by atoms with Gasteiger partial charge in [-0.3, -0.25) is 14.9 Å². The van der Waals surface area contributed by atoms with Gasteiger partial charge in [0.15, 0.2) is 0 Å². The van der Waals surface area contributed by atoms with E-state index in [0.717, 1.165) is 25.7 Å². The second kappa shape index (κ2) is 7.22. The Morgan fingerprint density at radius 3 is 2.64 bits per heavy atom. The fourth-order valence-corrected chi connectivity index (χ4v) is 3.00. The minimum Gasteiger partial charge on any atom is -0.393 e. The van der Waals surface area contributed by atoms with Crippen molar-refractivity contribution in [2.75, 3.05) is 12.3 Å². The zero-order valence-corrected chi connectivity index (χ0v) is 12.5. The first-order valence-electron chi connectivity index (χ1n) is 7.57. The van der Waals surface area contributed by atoms with Crippen molar-refractivity contribution in [3.8, 4) is 0 Å². The molecule has 1 aromatic carbocycles. The Hall–Kier alpha value is -2.15. The van der Waals surface area contributed by atoms with Gasteiger partial charge in [0.05, 0.1) is 4.92 Å². The summed E-state index contributed by atoms with van der Waals surface area (Å²) >= 11 is 0. The molecule has 7 heteroatoms. The average Bonchev–Trinajstić information content (AvgIpc) is 2.53. The predicted octanol–water partition coefficient (Wildman–Crippen LogP) is 1.81. The van der Waals surface area contributed by atoms with Crippen molar-refractivity contribution in [2.24, 2.45) is 11.7 Å². The Morgan fingerprint density at radius 1 is 1.36 bits per heavy atom. The van der Waals surface area contributed by atoms with Gasteiger partial charge >= 0.3 is 0 Å². The number of carbonyl (C=O) groups excluding carboxylic acids is 1. The van der Waals surface area contributed by atoms with E-state index in [2.05, 4.69) is 5.32 Å². The molecular formula is C15H22N4O3. The van der Waals surface area contributed by atoms with Crippen molar-refractivity contribution < 1.29 is 9.72 Å². The van der Waals surface area contributed by atoms with E-state index in [1.807, 2.05) is 0 Å². The molecular weight excluding hydrogens is 284 g/mol. The molecule has 7 nitrogen and oxygen atoms in total. The van der Waals surface area contributed by atoms with Crippen molar-refractivity contribution in [2.45, 2.75) is 38.1 Å². The summed E-state index contributed by atoms with van der Waals surface area (Å²) in [5, 5.41) is 13.8. The van der Waals surface area contributed by atoms with Crippen LogP contribution in [0.4, 0.5) is 11.4 Å². The molecule has 120 valence electrons. The molecule has 0 saturated heterocycles. The van der Waals surface area contributed by atoms with Crippen molar-refractivity contribution in [3.63, 3.8) is 0 Å². The maximum Gasteiger partial charge on any atom is 0.292 e. The maximum atomic E-state index is 12.3. The summed E-state index contributed by atoms with van der Waals surface area (Å²) in [7, 11) is 0. The van der Waals surface area contributed by atoms with E-state index in [1.165, 1.54) is 24.6 Å². The minimum atomic E-state index is -0.590. The van der Waals surface area contributed by atoms with Crippen LogP contribution in [-0.4, -0.2) is 23.4 Å². The van der Waals surface area contributed by atoms with Gasteiger partial charge in [0, 0.05) is 24.2 Å². The van der Waals surface area contributed by atoms with E-state index < -0.39 is 4.92 Å². The van der Waals surface area contributed by atoms with Gasteiger partial charge in [-0.05, 0) is 30.9 Å². The number of nitrogens with zero attached hydrogens (tertiary/aromatic N) is 1. The van der Waals surface area contributed by atoms with E-state index in [4.69, 9.17) is 11.5 Å². The molecule has 1 atom stereocenters. The first-order chi connectivity index (χ1) is 10.5. The van der Waals surface area contributed by atoms with Gasteiger partial charge in [0.25, 0.3) is 11.6 Å². The van der Waals surface area contributed by atoms with Crippen LogP contribution in [0.25, 0.3) is 0 Å². The van der Waals surface area contributed by atoms with Crippen LogP contribution >= 0.6 is 0 Å². The molecule has 1 fully saturated rings. The number of nitrogen functional groups attached to an aromatic ring is 1. The van der Waals surface area contributed by atoms with E-state index >= 15 is 0 Å². The van der Waals surface area contributed by atoms with Crippen molar-refractivity contribution in [1.82, 2.24) is 5.32 Å². The molecule has 0 radical (unpaired) electrons. The second-order valence-corrected chi connectivity index (χ2v) is 5.74. The minimum absolute atomic E-state index is 0.0456. The van der Waals surface area contributed by atoms with Crippen LogP contribution in [-0.2, 0) is 0 Å². The molecule has 5 N–H and O–H groups in total. The lowest BCUT2D eigenvalue weighted by molar-refractivity contribution is -0.383. The van der Waals surface area contributed by atoms with Gasteiger partial charge in [-0.15, -0.1) is 0 Å². The maximum absolute atomic E-state index is 12.3. The van der Waals surface area contributed by atoms with E-state index in [-0.39, 0.29) is 28.9 Å². The average molecular weight is 306 g/mol. The van der Waals surface area contributed by atoms with Crippen LogP contribution in [0.3, 0.4) is 0 Å². The van der Waals surface area contributed by atoms with Crippen molar-refractivity contribution in [1.29, 1.82) is 0 Å². The summed E-state index contributed by atoms with van der Waals surface area (Å²) in [5.74, 6) is 0.0376. The third-order valence-corrected chi connectivity index (χ3v) is 4.28. The zero-order chi connectivity index (χ0) is 16.1. The SMILES string of the molecule is NCC(NC(=O)c1ccc(N)c([N+](=O)[O-])c1)C1CCCCC1. The van der Waals surface area contributed by atoms with Crippen molar-refractivity contribution in [3.05, 3.63) is 33.9 Å². The predicted molar refractivity (Wildman–Crippen MR) is 84.4 cm³/mol. The lowest BCUT2D eigenvalue weighted by Crippen LogP contribution is -2.45. The lowest BCUT2D eigenvalue weighted by atomic mass is 9.84. The third-order valence-electron chi connectivity index (χ3n) is 4.28. The van der Waals surface area contributed by atoms with Crippen molar-refractivity contribution >= 4 is 17.3 Å². The van der Waals surface area contributed by atoms with Gasteiger partial charge in [0.1, 0.15) is 5.69 Å². The number of nitro benzene ring substituents is 1. The Labute approximate surface area is 129 Å². The van der Waals surface area contributed by atoms with Crippen LogP contribution in [0.5, 0.6) is 0 Å². The molecule has 1 aromatic rings. The number of amides is 1. The zero-order valence-electron chi connectivity index (χ0n) is 12.5. The van der Waals surface area contributed by atoms with Crippen LogP contribution in [0.15, 0.2) is 18.2 Å². The largest absolute Gasteiger partial charge is 0.393 e. The van der Waals surface area contributed by atoms with Gasteiger partial charge in [0.2, 0.25) is 0 Å².